The summed E-state index contributed by atoms with van der Waals surface area (Å²) in [6, 6.07) is 9.77. The predicted molar refractivity (Wildman–Crippen MR) is 114 cm³/mol. The van der Waals surface area contributed by atoms with E-state index in [9.17, 15) is 10.1 Å². The SMILES string of the molecule is Cc1nc2c(C#N)cnn2c(C)c1CCC(=O)N[C@@H](C)c1cccc(OC(C)C)c1. The summed E-state index contributed by atoms with van der Waals surface area (Å²) < 4.78 is 7.41. The van der Waals surface area contributed by atoms with Gasteiger partial charge >= 0.3 is 0 Å². The molecule has 156 valence electrons. The van der Waals surface area contributed by atoms with Crippen LogP contribution in [-0.4, -0.2) is 26.6 Å². The number of ether oxygens (including phenoxy) is 1. The van der Waals surface area contributed by atoms with Crippen molar-refractivity contribution in [3.8, 4) is 11.8 Å². The summed E-state index contributed by atoms with van der Waals surface area (Å²) in [5.41, 5.74) is 4.69. The number of carbonyl (C=O) groups is 1. The van der Waals surface area contributed by atoms with Gasteiger partial charge in [0.2, 0.25) is 5.91 Å². The molecule has 0 fully saturated rings. The highest BCUT2D eigenvalue weighted by atomic mass is 16.5. The zero-order chi connectivity index (χ0) is 21.8. The van der Waals surface area contributed by atoms with Gasteiger partial charge in [-0.2, -0.15) is 10.4 Å². The lowest BCUT2D eigenvalue weighted by molar-refractivity contribution is -0.121. The fourth-order valence-electron chi connectivity index (χ4n) is 3.52. The molecule has 0 saturated carbocycles. The second-order valence-electron chi connectivity index (χ2n) is 7.69. The summed E-state index contributed by atoms with van der Waals surface area (Å²) in [5, 5.41) is 16.5. The fraction of sp³-hybridized carbons (Fsp3) is 0.391. The van der Waals surface area contributed by atoms with E-state index in [1.165, 1.54) is 6.20 Å². The van der Waals surface area contributed by atoms with Gasteiger partial charge in [-0.25, -0.2) is 9.50 Å². The summed E-state index contributed by atoms with van der Waals surface area (Å²) in [6.45, 7) is 9.77. The van der Waals surface area contributed by atoms with Gasteiger partial charge in [-0.05, 0) is 64.3 Å². The van der Waals surface area contributed by atoms with E-state index in [-0.39, 0.29) is 18.1 Å². The third kappa shape index (κ3) is 4.60. The third-order valence-corrected chi connectivity index (χ3v) is 5.04. The van der Waals surface area contributed by atoms with Crippen LogP contribution in [0.4, 0.5) is 0 Å². The number of amides is 1. The van der Waals surface area contributed by atoms with Gasteiger partial charge in [-0.1, -0.05) is 12.1 Å². The number of aryl methyl sites for hydroxylation is 2. The molecule has 0 radical (unpaired) electrons. The van der Waals surface area contributed by atoms with Gasteiger partial charge in [0.1, 0.15) is 17.4 Å². The Morgan fingerprint density at radius 1 is 1.30 bits per heavy atom. The van der Waals surface area contributed by atoms with E-state index in [0.29, 0.717) is 24.1 Å². The number of benzene rings is 1. The van der Waals surface area contributed by atoms with Crippen LogP contribution in [0, 0.1) is 25.2 Å². The number of aromatic nitrogens is 3. The molecular formula is C23H27N5O2. The summed E-state index contributed by atoms with van der Waals surface area (Å²) in [5.74, 6) is 0.764. The number of nitrogens with one attached hydrogen (secondary N) is 1. The Balaban J connectivity index is 1.67. The fourth-order valence-corrected chi connectivity index (χ4v) is 3.52. The van der Waals surface area contributed by atoms with Gasteiger partial charge in [0.15, 0.2) is 5.65 Å². The first-order valence-electron chi connectivity index (χ1n) is 10.1. The zero-order valence-corrected chi connectivity index (χ0v) is 18.1. The van der Waals surface area contributed by atoms with Crippen molar-refractivity contribution in [3.05, 3.63) is 58.5 Å². The topological polar surface area (TPSA) is 92.3 Å². The molecule has 0 aliphatic heterocycles. The Bertz CT molecular complexity index is 1110. The van der Waals surface area contributed by atoms with Gasteiger partial charge in [-0.3, -0.25) is 4.79 Å². The van der Waals surface area contributed by atoms with E-state index in [0.717, 1.165) is 28.3 Å². The minimum Gasteiger partial charge on any atom is -0.491 e. The van der Waals surface area contributed by atoms with Crippen LogP contribution in [0.2, 0.25) is 0 Å². The highest BCUT2D eigenvalue weighted by Crippen LogP contribution is 2.21. The molecular weight excluding hydrogens is 378 g/mol. The summed E-state index contributed by atoms with van der Waals surface area (Å²) in [4.78, 5) is 17.1. The van der Waals surface area contributed by atoms with Crippen LogP contribution in [0.1, 0.15) is 61.3 Å². The van der Waals surface area contributed by atoms with Crippen LogP contribution in [0.3, 0.4) is 0 Å². The van der Waals surface area contributed by atoms with Crippen LogP contribution in [0.15, 0.2) is 30.5 Å². The van der Waals surface area contributed by atoms with Crippen LogP contribution >= 0.6 is 0 Å². The minimum atomic E-state index is -0.125. The highest BCUT2D eigenvalue weighted by Gasteiger charge is 2.16. The van der Waals surface area contributed by atoms with Crippen molar-refractivity contribution in [1.29, 1.82) is 5.26 Å². The van der Waals surface area contributed by atoms with Crippen molar-refractivity contribution in [3.63, 3.8) is 0 Å². The molecule has 0 unspecified atom stereocenters. The maximum atomic E-state index is 12.6. The van der Waals surface area contributed by atoms with Crippen LogP contribution in [-0.2, 0) is 11.2 Å². The number of hydrogen-bond donors (Lipinski definition) is 1. The van der Waals surface area contributed by atoms with Crippen LogP contribution in [0.25, 0.3) is 5.65 Å². The van der Waals surface area contributed by atoms with Crippen molar-refractivity contribution < 1.29 is 9.53 Å². The van der Waals surface area contributed by atoms with Gasteiger partial charge in [-0.15, -0.1) is 0 Å². The molecule has 0 spiro atoms. The van der Waals surface area contributed by atoms with Crippen molar-refractivity contribution >= 4 is 11.6 Å². The molecule has 1 aromatic carbocycles. The number of nitriles is 1. The number of rotatable bonds is 7. The predicted octanol–water partition coefficient (Wildman–Crippen LogP) is 3.82. The Kier molecular flexibility index (Phi) is 6.36. The molecule has 0 aliphatic carbocycles. The Morgan fingerprint density at radius 3 is 2.77 bits per heavy atom. The highest BCUT2D eigenvalue weighted by molar-refractivity contribution is 5.76. The van der Waals surface area contributed by atoms with Crippen molar-refractivity contribution in [2.24, 2.45) is 0 Å². The monoisotopic (exact) mass is 405 g/mol. The maximum absolute atomic E-state index is 12.6. The molecule has 0 aliphatic rings. The lowest BCUT2D eigenvalue weighted by Crippen LogP contribution is -2.27. The standard InChI is InChI=1S/C23H27N5O2/c1-14(2)30-20-8-6-7-18(11-20)15(3)26-22(29)10-9-21-16(4)27-23-19(12-24)13-25-28(23)17(21)5/h6-8,11,13-15H,9-10H2,1-5H3,(H,26,29)/t15-/m0/s1. The molecule has 30 heavy (non-hydrogen) atoms. The largest absolute Gasteiger partial charge is 0.491 e. The third-order valence-electron chi connectivity index (χ3n) is 5.04. The quantitative estimate of drug-likeness (QED) is 0.645. The van der Waals surface area contributed by atoms with Crippen LogP contribution in [0.5, 0.6) is 5.75 Å². The average Bonchev–Trinajstić information content (AvgIpc) is 3.10. The molecule has 1 atom stereocenters. The van der Waals surface area contributed by atoms with Gasteiger partial charge in [0.05, 0.1) is 18.3 Å². The molecule has 1 amide bonds. The minimum absolute atomic E-state index is 0.0326. The normalized spacial score (nSPS) is 12.0. The Hall–Kier alpha value is -3.40. The van der Waals surface area contributed by atoms with Gasteiger partial charge in [0.25, 0.3) is 0 Å². The molecule has 3 rings (SSSR count). The van der Waals surface area contributed by atoms with E-state index in [1.54, 1.807) is 4.52 Å². The van der Waals surface area contributed by atoms with E-state index < -0.39 is 0 Å². The Morgan fingerprint density at radius 2 is 2.07 bits per heavy atom. The molecule has 1 N–H and O–H groups in total. The Labute approximate surface area is 176 Å². The summed E-state index contributed by atoms with van der Waals surface area (Å²) in [7, 11) is 0. The first-order chi connectivity index (χ1) is 14.3. The second kappa shape index (κ2) is 8.95. The average molecular weight is 406 g/mol. The summed E-state index contributed by atoms with van der Waals surface area (Å²) in [6.07, 6.45) is 2.51. The first kappa shape index (κ1) is 21.3. The van der Waals surface area contributed by atoms with Crippen molar-refractivity contribution in [2.75, 3.05) is 0 Å². The molecule has 7 heteroatoms. The molecule has 0 saturated heterocycles. The van der Waals surface area contributed by atoms with E-state index >= 15 is 0 Å². The van der Waals surface area contributed by atoms with Gasteiger partial charge < -0.3 is 10.1 Å². The van der Waals surface area contributed by atoms with E-state index in [1.807, 2.05) is 58.9 Å². The molecule has 3 aromatic rings. The van der Waals surface area contributed by atoms with Crippen molar-refractivity contribution in [1.82, 2.24) is 19.9 Å². The van der Waals surface area contributed by atoms with E-state index in [2.05, 4.69) is 21.5 Å². The molecule has 2 aromatic heterocycles. The molecule has 7 nitrogen and oxygen atoms in total. The summed E-state index contributed by atoms with van der Waals surface area (Å²) >= 11 is 0. The number of nitrogens with zero attached hydrogens (tertiary/aromatic N) is 4. The first-order valence-corrected chi connectivity index (χ1v) is 10.1. The molecule has 2 heterocycles. The number of hydrogen-bond acceptors (Lipinski definition) is 5. The lowest BCUT2D eigenvalue weighted by atomic mass is 10.0. The number of carbonyl (C=O) groups excluding carboxylic acids is 1. The van der Waals surface area contributed by atoms with Crippen molar-refractivity contribution in [2.45, 2.75) is 59.6 Å². The molecule has 0 bridgehead atoms. The van der Waals surface area contributed by atoms with Crippen LogP contribution < -0.4 is 10.1 Å². The zero-order valence-electron chi connectivity index (χ0n) is 18.1. The smallest absolute Gasteiger partial charge is 0.220 e. The number of fused-ring (bicyclic) bond motifs is 1. The van der Waals surface area contributed by atoms with E-state index in [4.69, 9.17) is 4.74 Å². The maximum Gasteiger partial charge on any atom is 0.220 e. The second-order valence-corrected chi connectivity index (χ2v) is 7.69. The lowest BCUT2D eigenvalue weighted by Gasteiger charge is -2.17. The van der Waals surface area contributed by atoms with Gasteiger partial charge in [0, 0.05) is 17.8 Å².